The highest BCUT2D eigenvalue weighted by Crippen LogP contribution is 2.12. The van der Waals surface area contributed by atoms with Crippen LogP contribution in [0.5, 0.6) is 5.75 Å². The fraction of sp³-hybridized carbons (Fsp3) is 0.654. The summed E-state index contributed by atoms with van der Waals surface area (Å²) in [4.78, 5) is 11.9. The first-order chi connectivity index (χ1) is 14.2. The van der Waals surface area contributed by atoms with E-state index in [4.69, 9.17) is 0 Å². The fourth-order valence-electron chi connectivity index (χ4n) is 3.51. The predicted octanol–water partition coefficient (Wildman–Crippen LogP) is 7.09. The van der Waals surface area contributed by atoms with Crippen molar-refractivity contribution >= 4 is 5.91 Å². The molecule has 0 atom stereocenters. The Balaban J connectivity index is 1.83. The van der Waals surface area contributed by atoms with Crippen molar-refractivity contribution in [3.05, 3.63) is 42.0 Å². The Morgan fingerprint density at radius 1 is 0.862 bits per heavy atom. The Morgan fingerprint density at radius 2 is 1.45 bits per heavy atom. The Kier molecular flexibility index (Phi) is 15.9. The molecular weight excluding hydrogens is 358 g/mol. The van der Waals surface area contributed by atoms with Gasteiger partial charge in [0.15, 0.2) is 0 Å². The van der Waals surface area contributed by atoms with Crippen LogP contribution in [0.2, 0.25) is 0 Å². The first kappa shape index (κ1) is 25.3. The summed E-state index contributed by atoms with van der Waals surface area (Å²) in [6.45, 7) is 3.02. The molecule has 0 aliphatic rings. The number of unbranched alkanes of at least 4 members (excludes halogenated alkanes) is 12. The van der Waals surface area contributed by atoms with Gasteiger partial charge in [0.2, 0.25) is 5.91 Å². The molecule has 0 aliphatic carbocycles. The molecular formula is C26H43NO2. The Morgan fingerprint density at radius 3 is 2.07 bits per heavy atom. The summed E-state index contributed by atoms with van der Waals surface area (Å²) >= 11 is 0. The number of aromatic hydroxyl groups is 1. The van der Waals surface area contributed by atoms with Gasteiger partial charge >= 0.3 is 0 Å². The standard InChI is InChI=1S/C26H43NO2/c1-2-3-4-5-6-7-8-9-10-11-12-13-14-15-16-17-21-27-26(29)23-24-19-18-20-25(28)22-24/h9-10,18-20,22,28H,2-8,11-17,21,23H2,1H3,(H,27,29)/b10-9-. The van der Waals surface area contributed by atoms with Crippen molar-refractivity contribution in [2.75, 3.05) is 6.54 Å². The van der Waals surface area contributed by atoms with Gasteiger partial charge in [-0.3, -0.25) is 4.79 Å². The Bertz CT molecular complexity index is 553. The Hall–Kier alpha value is -1.77. The normalized spacial score (nSPS) is 11.2. The number of hydrogen-bond acceptors (Lipinski definition) is 2. The average molecular weight is 402 g/mol. The molecule has 164 valence electrons. The minimum absolute atomic E-state index is 0.0309. The summed E-state index contributed by atoms with van der Waals surface area (Å²) < 4.78 is 0. The van der Waals surface area contributed by atoms with Gasteiger partial charge in [-0.25, -0.2) is 0 Å². The van der Waals surface area contributed by atoms with Crippen molar-refractivity contribution in [2.45, 2.75) is 103 Å². The highest BCUT2D eigenvalue weighted by molar-refractivity contribution is 5.78. The van der Waals surface area contributed by atoms with Gasteiger partial charge in [0.25, 0.3) is 0 Å². The Labute approximate surface area is 179 Å². The van der Waals surface area contributed by atoms with Gasteiger partial charge in [0.05, 0.1) is 6.42 Å². The number of carbonyl (C=O) groups is 1. The predicted molar refractivity (Wildman–Crippen MR) is 124 cm³/mol. The summed E-state index contributed by atoms with van der Waals surface area (Å²) in [6.07, 6.45) is 23.2. The molecule has 1 rings (SSSR count). The van der Waals surface area contributed by atoms with Gasteiger partial charge in [-0.15, -0.1) is 0 Å². The number of rotatable bonds is 18. The van der Waals surface area contributed by atoms with E-state index in [1.54, 1.807) is 18.2 Å². The van der Waals surface area contributed by atoms with Gasteiger partial charge in [-0.05, 0) is 49.8 Å². The van der Waals surface area contributed by atoms with Crippen LogP contribution < -0.4 is 5.32 Å². The minimum Gasteiger partial charge on any atom is -0.508 e. The quantitative estimate of drug-likeness (QED) is 0.204. The highest BCUT2D eigenvalue weighted by Gasteiger charge is 2.03. The third-order valence-electron chi connectivity index (χ3n) is 5.29. The SMILES string of the molecule is CCCCCCCC/C=C\CCCCCCCCNC(=O)Cc1cccc(O)c1. The maximum atomic E-state index is 11.9. The number of allylic oxidation sites excluding steroid dienone is 2. The van der Waals surface area contributed by atoms with Crippen molar-refractivity contribution in [2.24, 2.45) is 0 Å². The lowest BCUT2D eigenvalue weighted by Gasteiger charge is -2.06. The zero-order valence-electron chi connectivity index (χ0n) is 18.6. The van der Waals surface area contributed by atoms with Crippen LogP contribution in [0, 0.1) is 0 Å². The van der Waals surface area contributed by atoms with Crippen LogP contribution in [0.25, 0.3) is 0 Å². The number of amides is 1. The van der Waals surface area contributed by atoms with Gasteiger partial charge in [0, 0.05) is 6.54 Å². The van der Waals surface area contributed by atoms with Crippen molar-refractivity contribution < 1.29 is 9.90 Å². The van der Waals surface area contributed by atoms with Crippen molar-refractivity contribution in [3.63, 3.8) is 0 Å². The monoisotopic (exact) mass is 401 g/mol. The second kappa shape index (κ2) is 18.3. The molecule has 1 aromatic rings. The summed E-state index contributed by atoms with van der Waals surface area (Å²) in [5.41, 5.74) is 0.850. The van der Waals surface area contributed by atoms with Crippen molar-refractivity contribution in [1.82, 2.24) is 5.32 Å². The summed E-state index contributed by atoms with van der Waals surface area (Å²) in [5.74, 6) is 0.243. The van der Waals surface area contributed by atoms with E-state index in [9.17, 15) is 9.90 Å². The minimum atomic E-state index is 0.0309. The van der Waals surface area contributed by atoms with Crippen molar-refractivity contribution in [3.8, 4) is 5.75 Å². The smallest absolute Gasteiger partial charge is 0.224 e. The van der Waals surface area contributed by atoms with Gasteiger partial charge < -0.3 is 10.4 Å². The van der Waals surface area contributed by atoms with Crippen LogP contribution in [-0.2, 0) is 11.2 Å². The second-order valence-electron chi connectivity index (χ2n) is 8.13. The van der Waals surface area contributed by atoms with Crippen LogP contribution in [0.3, 0.4) is 0 Å². The second-order valence-corrected chi connectivity index (χ2v) is 8.13. The summed E-state index contributed by atoms with van der Waals surface area (Å²) in [5, 5.41) is 12.4. The topological polar surface area (TPSA) is 49.3 Å². The zero-order chi connectivity index (χ0) is 21.0. The molecule has 0 aliphatic heterocycles. The molecule has 0 aromatic heterocycles. The molecule has 0 spiro atoms. The van der Waals surface area contributed by atoms with Crippen LogP contribution in [-0.4, -0.2) is 17.6 Å². The molecule has 1 aromatic carbocycles. The van der Waals surface area contributed by atoms with E-state index >= 15 is 0 Å². The highest BCUT2D eigenvalue weighted by atomic mass is 16.3. The molecule has 1 amide bonds. The number of nitrogens with one attached hydrogen (secondary N) is 1. The summed E-state index contributed by atoms with van der Waals surface area (Å²) in [6, 6.07) is 6.89. The molecule has 3 nitrogen and oxygen atoms in total. The fourth-order valence-corrected chi connectivity index (χ4v) is 3.51. The molecule has 0 unspecified atom stereocenters. The molecule has 0 fully saturated rings. The van der Waals surface area contributed by atoms with E-state index in [1.807, 2.05) is 6.07 Å². The lowest BCUT2D eigenvalue weighted by atomic mass is 10.1. The third-order valence-corrected chi connectivity index (χ3v) is 5.29. The molecule has 29 heavy (non-hydrogen) atoms. The van der Waals surface area contributed by atoms with Gasteiger partial charge in [-0.2, -0.15) is 0 Å². The van der Waals surface area contributed by atoms with Crippen LogP contribution in [0.1, 0.15) is 102 Å². The molecule has 2 N–H and O–H groups in total. The van der Waals surface area contributed by atoms with Gasteiger partial charge in [0.1, 0.15) is 5.75 Å². The van der Waals surface area contributed by atoms with Gasteiger partial charge in [-0.1, -0.05) is 89.0 Å². The number of hydrogen-bond donors (Lipinski definition) is 2. The number of carbonyl (C=O) groups excluding carboxylic acids is 1. The zero-order valence-corrected chi connectivity index (χ0v) is 18.6. The molecule has 0 radical (unpaired) electrons. The average Bonchev–Trinajstić information content (AvgIpc) is 2.70. The molecule has 0 bridgehead atoms. The van der Waals surface area contributed by atoms with E-state index in [-0.39, 0.29) is 11.7 Å². The number of phenolic OH excluding ortho intramolecular Hbond substituents is 1. The maximum Gasteiger partial charge on any atom is 0.224 e. The van der Waals surface area contributed by atoms with E-state index in [1.165, 1.54) is 83.5 Å². The lowest BCUT2D eigenvalue weighted by Crippen LogP contribution is -2.26. The van der Waals surface area contributed by atoms with E-state index in [0.29, 0.717) is 6.42 Å². The van der Waals surface area contributed by atoms with E-state index in [0.717, 1.165) is 18.5 Å². The molecule has 0 saturated carbocycles. The molecule has 0 saturated heterocycles. The van der Waals surface area contributed by atoms with Crippen LogP contribution in [0.15, 0.2) is 36.4 Å². The van der Waals surface area contributed by atoms with Crippen LogP contribution >= 0.6 is 0 Å². The van der Waals surface area contributed by atoms with E-state index in [2.05, 4.69) is 24.4 Å². The van der Waals surface area contributed by atoms with Crippen LogP contribution in [0.4, 0.5) is 0 Å². The third kappa shape index (κ3) is 15.8. The maximum absolute atomic E-state index is 11.9. The van der Waals surface area contributed by atoms with E-state index < -0.39 is 0 Å². The first-order valence-electron chi connectivity index (χ1n) is 11.9. The van der Waals surface area contributed by atoms with Crippen molar-refractivity contribution in [1.29, 1.82) is 0 Å². The molecule has 3 heteroatoms. The number of phenols is 1. The lowest BCUT2D eigenvalue weighted by molar-refractivity contribution is -0.120. The number of benzene rings is 1. The summed E-state index contributed by atoms with van der Waals surface area (Å²) in [7, 11) is 0. The largest absolute Gasteiger partial charge is 0.508 e. The first-order valence-corrected chi connectivity index (χ1v) is 11.9. The molecule has 0 heterocycles.